The van der Waals surface area contributed by atoms with Crippen LogP contribution in [0.5, 0.6) is 0 Å². The molecule has 0 bridgehead atoms. The molecule has 1 heterocycles. The Kier molecular flexibility index (Phi) is 4.57. The van der Waals surface area contributed by atoms with Gasteiger partial charge in [0.25, 0.3) is 0 Å². The summed E-state index contributed by atoms with van der Waals surface area (Å²) in [7, 11) is 0. The van der Waals surface area contributed by atoms with Crippen LogP contribution in [0.1, 0.15) is 44.2 Å². The average Bonchev–Trinajstić information content (AvgIpc) is 2.38. The molecule has 4 heteroatoms. The lowest BCUT2D eigenvalue weighted by Gasteiger charge is -2.38. The molecule has 1 aliphatic heterocycles. The molecule has 116 valence electrons. The van der Waals surface area contributed by atoms with Crippen molar-refractivity contribution in [3.63, 3.8) is 0 Å². The lowest BCUT2D eigenvalue weighted by molar-refractivity contribution is 0.0186. The summed E-state index contributed by atoms with van der Waals surface area (Å²) in [6.45, 7) is 9.05. The number of amides is 1. The minimum atomic E-state index is -0.463. The maximum Gasteiger partial charge on any atom is 0.410 e. The van der Waals surface area contributed by atoms with Crippen LogP contribution in [0, 0.1) is 6.92 Å². The Labute approximate surface area is 127 Å². The summed E-state index contributed by atoms with van der Waals surface area (Å²) in [4.78, 5) is 14.0. The lowest BCUT2D eigenvalue weighted by atomic mass is 9.84. The first-order valence-corrected chi connectivity index (χ1v) is 7.57. The third-order valence-corrected chi connectivity index (χ3v) is 3.91. The highest BCUT2D eigenvalue weighted by Crippen LogP contribution is 2.29. The van der Waals surface area contributed by atoms with E-state index >= 15 is 0 Å². The highest BCUT2D eigenvalue weighted by Gasteiger charge is 2.33. The maximum absolute atomic E-state index is 12.2. The van der Waals surface area contributed by atoms with E-state index in [1.54, 1.807) is 4.90 Å². The van der Waals surface area contributed by atoms with Gasteiger partial charge >= 0.3 is 6.09 Å². The van der Waals surface area contributed by atoms with E-state index in [2.05, 4.69) is 19.1 Å². The largest absolute Gasteiger partial charge is 0.444 e. The summed E-state index contributed by atoms with van der Waals surface area (Å²) >= 11 is 0. The predicted molar refractivity (Wildman–Crippen MR) is 84.3 cm³/mol. The smallest absolute Gasteiger partial charge is 0.410 e. The summed E-state index contributed by atoms with van der Waals surface area (Å²) in [5.41, 5.74) is 8.29. The first-order chi connectivity index (χ1) is 9.78. The highest BCUT2D eigenvalue weighted by atomic mass is 16.6. The molecule has 2 atom stereocenters. The molecular weight excluding hydrogens is 264 g/mol. The van der Waals surface area contributed by atoms with Crippen LogP contribution in [-0.2, 0) is 4.74 Å². The molecule has 0 aliphatic carbocycles. The number of hydrogen-bond acceptors (Lipinski definition) is 3. The normalized spacial score (nSPS) is 23.0. The zero-order valence-electron chi connectivity index (χ0n) is 13.4. The summed E-state index contributed by atoms with van der Waals surface area (Å²) in [6.07, 6.45) is 0.561. The third kappa shape index (κ3) is 3.97. The molecule has 1 aromatic carbocycles. The zero-order valence-corrected chi connectivity index (χ0v) is 13.4. The average molecular weight is 290 g/mol. The fraction of sp³-hybridized carbons (Fsp3) is 0.588. The molecule has 1 saturated heterocycles. The van der Waals surface area contributed by atoms with E-state index < -0.39 is 5.60 Å². The van der Waals surface area contributed by atoms with Gasteiger partial charge in [-0.3, -0.25) is 0 Å². The van der Waals surface area contributed by atoms with Gasteiger partial charge in [-0.2, -0.15) is 0 Å². The molecule has 1 fully saturated rings. The second kappa shape index (κ2) is 6.06. The number of ether oxygens (including phenoxy) is 1. The third-order valence-electron chi connectivity index (χ3n) is 3.91. The Morgan fingerprint density at radius 2 is 2.00 bits per heavy atom. The Morgan fingerprint density at radius 1 is 1.33 bits per heavy atom. The molecular formula is C17H26N2O2. The molecule has 1 amide bonds. The van der Waals surface area contributed by atoms with Crippen molar-refractivity contribution in [2.45, 2.75) is 51.7 Å². The van der Waals surface area contributed by atoms with Gasteiger partial charge in [-0.05, 0) is 45.2 Å². The standard InChI is InChI=1S/C17H26N2O2/c1-12-7-5-6-8-13(12)14-11-19(10-9-15(14)18)16(20)21-17(2,3)4/h5-8,14-15H,9-11,18H2,1-4H3/t14-,15-/m1/s1. The highest BCUT2D eigenvalue weighted by molar-refractivity contribution is 5.68. The van der Waals surface area contributed by atoms with Gasteiger partial charge in [-0.1, -0.05) is 24.3 Å². The lowest BCUT2D eigenvalue weighted by Crippen LogP contribution is -2.49. The SMILES string of the molecule is Cc1ccccc1[C@H]1CN(C(=O)OC(C)(C)C)CC[C@H]1N. The van der Waals surface area contributed by atoms with Crippen LogP contribution in [0.15, 0.2) is 24.3 Å². The molecule has 21 heavy (non-hydrogen) atoms. The minimum absolute atomic E-state index is 0.0878. The number of nitrogens with two attached hydrogens (primary N) is 1. The van der Waals surface area contributed by atoms with Gasteiger partial charge in [-0.25, -0.2) is 4.79 Å². The molecule has 0 saturated carbocycles. The van der Waals surface area contributed by atoms with Crippen LogP contribution < -0.4 is 5.73 Å². The number of aryl methyl sites for hydroxylation is 1. The second-order valence-corrected chi connectivity index (χ2v) is 6.84. The predicted octanol–water partition coefficient (Wildman–Crippen LogP) is 3.05. The van der Waals surface area contributed by atoms with Crippen LogP contribution >= 0.6 is 0 Å². The van der Waals surface area contributed by atoms with E-state index in [9.17, 15) is 4.79 Å². The van der Waals surface area contributed by atoms with Crippen LogP contribution in [0.3, 0.4) is 0 Å². The van der Waals surface area contributed by atoms with E-state index in [1.165, 1.54) is 11.1 Å². The number of hydrogen-bond donors (Lipinski definition) is 1. The number of piperidine rings is 1. The van der Waals surface area contributed by atoms with Crippen LogP contribution in [0.4, 0.5) is 4.79 Å². The summed E-state index contributed by atoms with van der Waals surface area (Å²) in [6, 6.07) is 8.34. The first-order valence-electron chi connectivity index (χ1n) is 7.57. The zero-order chi connectivity index (χ0) is 15.6. The van der Waals surface area contributed by atoms with E-state index in [-0.39, 0.29) is 18.1 Å². The topological polar surface area (TPSA) is 55.6 Å². The molecule has 1 aromatic rings. The minimum Gasteiger partial charge on any atom is -0.444 e. The van der Waals surface area contributed by atoms with Gasteiger partial charge < -0.3 is 15.4 Å². The monoisotopic (exact) mass is 290 g/mol. The maximum atomic E-state index is 12.2. The molecule has 0 unspecified atom stereocenters. The fourth-order valence-electron chi connectivity index (χ4n) is 2.79. The van der Waals surface area contributed by atoms with Gasteiger partial charge in [0.05, 0.1) is 0 Å². The number of likely N-dealkylation sites (tertiary alicyclic amines) is 1. The van der Waals surface area contributed by atoms with Crippen molar-refractivity contribution in [2.24, 2.45) is 5.73 Å². The van der Waals surface area contributed by atoms with Gasteiger partial charge in [0.15, 0.2) is 0 Å². The Morgan fingerprint density at radius 3 is 2.62 bits per heavy atom. The number of carbonyl (C=O) groups is 1. The number of rotatable bonds is 1. The molecule has 0 aromatic heterocycles. The Bertz CT molecular complexity index is 508. The van der Waals surface area contributed by atoms with Gasteiger partial charge in [0.2, 0.25) is 0 Å². The summed E-state index contributed by atoms with van der Waals surface area (Å²) in [5, 5.41) is 0. The number of carbonyl (C=O) groups excluding carboxylic acids is 1. The van der Waals surface area contributed by atoms with E-state index in [0.29, 0.717) is 13.1 Å². The molecule has 2 rings (SSSR count). The van der Waals surface area contributed by atoms with Crippen molar-refractivity contribution in [2.75, 3.05) is 13.1 Å². The first kappa shape index (κ1) is 15.8. The van der Waals surface area contributed by atoms with E-state index in [4.69, 9.17) is 10.5 Å². The summed E-state index contributed by atoms with van der Waals surface area (Å²) < 4.78 is 5.47. The van der Waals surface area contributed by atoms with Crippen LogP contribution in [0.25, 0.3) is 0 Å². The van der Waals surface area contributed by atoms with Gasteiger partial charge in [-0.15, -0.1) is 0 Å². The van der Waals surface area contributed by atoms with Crippen LogP contribution in [0.2, 0.25) is 0 Å². The summed E-state index contributed by atoms with van der Waals surface area (Å²) in [5.74, 6) is 0.174. The molecule has 0 radical (unpaired) electrons. The van der Waals surface area contributed by atoms with Crippen LogP contribution in [-0.4, -0.2) is 35.7 Å². The van der Waals surface area contributed by atoms with Crippen molar-refractivity contribution in [3.8, 4) is 0 Å². The number of nitrogens with zero attached hydrogens (tertiary/aromatic N) is 1. The van der Waals surface area contributed by atoms with Crippen molar-refractivity contribution < 1.29 is 9.53 Å². The Hall–Kier alpha value is -1.55. The molecule has 2 N–H and O–H groups in total. The molecule has 0 spiro atoms. The number of benzene rings is 1. The van der Waals surface area contributed by atoms with Crippen molar-refractivity contribution in [1.29, 1.82) is 0 Å². The van der Waals surface area contributed by atoms with Gasteiger partial charge in [0, 0.05) is 25.0 Å². The van der Waals surface area contributed by atoms with E-state index in [1.807, 2.05) is 32.9 Å². The van der Waals surface area contributed by atoms with Gasteiger partial charge in [0.1, 0.15) is 5.60 Å². The quantitative estimate of drug-likeness (QED) is 0.865. The molecule has 4 nitrogen and oxygen atoms in total. The van der Waals surface area contributed by atoms with Crippen molar-refractivity contribution >= 4 is 6.09 Å². The van der Waals surface area contributed by atoms with Crippen molar-refractivity contribution in [3.05, 3.63) is 35.4 Å². The fourth-order valence-corrected chi connectivity index (χ4v) is 2.79. The van der Waals surface area contributed by atoms with Crippen molar-refractivity contribution in [1.82, 2.24) is 4.90 Å². The van der Waals surface area contributed by atoms with E-state index in [0.717, 1.165) is 6.42 Å². The molecule has 1 aliphatic rings. The Balaban J connectivity index is 2.13. The second-order valence-electron chi connectivity index (χ2n) is 6.84.